The van der Waals surface area contributed by atoms with Crippen LogP contribution in [0.25, 0.3) is 0 Å². The molecule has 1 amide bonds. The smallest absolute Gasteiger partial charge is 0.254 e. The molecule has 1 heterocycles. The van der Waals surface area contributed by atoms with Gasteiger partial charge >= 0.3 is 0 Å². The molecule has 3 aromatic rings. The summed E-state index contributed by atoms with van der Waals surface area (Å²) in [4.78, 5) is 14.7. The van der Waals surface area contributed by atoms with Crippen LogP contribution in [-0.2, 0) is 19.7 Å². The first-order chi connectivity index (χ1) is 14.1. The van der Waals surface area contributed by atoms with E-state index in [1.165, 1.54) is 5.56 Å². The van der Waals surface area contributed by atoms with E-state index in [1.54, 1.807) is 39.9 Å². The Kier molecular flexibility index (Phi) is 6.73. The first-order valence-electron chi connectivity index (χ1n) is 9.54. The molecule has 7 heteroatoms. The summed E-state index contributed by atoms with van der Waals surface area (Å²) in [5.41, 5.74) is 2.88. The molecular formula is C22H25N5O2. The van der Waals surface area contributed by atoms with E-state index in [9.17, 15) is 4.79 Å². The molecule has 3 rings (SSSR count). The maximum absolute atomic E-state index is 13.0. The highest BCUT2D eigenvalue weighted by Crippen LogP contribution is 2.16. The van der Waals surface area contributed by atoms with Gasteiger partial charge in [-0.1, -0.05) is 35.9 Å². The molecular weight excluding hydrogens is 366 g/mol. The molecule has 150 valence electrons. The Bertz CT molecular complexity index is 948. The van der Waals surface area contributed by atoms with Crippen LogP contribution in [0, 0.1) is 6.92 Å². The fourth-order valence-corrected chi connectivity index (χ4v) is 2.89. The van der Waals surface area contributed by atoms with Crippen LogP contribution in [0.2, 0.25) is 0 Å². The third kappa shape index (κ3) is 5.28. The SMILES string of the molecule is C=CCN(Cc1ccc(C)cc1)C(=O)c1ccc(OCc2nnnn2CC)cc1. The third-order valence-corrected chi connectivity index (χ3v) is 4.51. The maximum Gasteiger partial charge on any atom is 0.254 e. The van der Waals surface area contributed by atoms with Crippen LogP contribution in [0.15, 0.2) is 61.2 Å². The summed E-state index contributed by atoms with van der Waals surface area (Å²) >= 11 is 0. The van der Waals surface area contributed by atoms with E-state index >= 15 is 0 Å². The fraction of sp³-hybridized carbons (Fsp3) is 0.273. The van der Waals surface area contributed by atoms with Crippen LogP contribution >= 0.6 is 0 Å². The van der Waals surface area contributed by atoms with Crippen molar-refractivity contribution in [3.8, 4) is 5.75 Å². The Morgan fingerprint density at radius 1 is 1.17 bits per heavy atom. The number of carbonyl (C=O) groups is 1. The van der Waals surface area contributed by atoms with Crippen LogP contribution in [0.4, 0.5) is 0 Å². The van der Waals surface area contributed by atoms with Crippen LogP contribution < -0.4 is 4.74 Å². The first kappa shape index (κ1) is 20.3. The minimum Gasteiger partial charge on any atom is -0.486 e. The van der Waals surface area contributed by atoms with E-state index in [1.807, 2.05) is 38.1 Å². The first-order valence-corrected chi connectivity index (χ1v) is 9.54. The van der Waals surface area contributed by atoms with Crippen molar-refractivity contribution < 1.29 is 9.53 Å². The Morgan fingerprint density at radius 3 is 2.55 bits per heavy atom. The largest absolute Gasteiger partial charge is 0.486 e. The monoisotopic (exact) mass is 391 g/mol. The highest BCUT2D eigenvalue weighted by molar-refractivity contribution is 5.94. The number of rotatable bonds is 9. The van der Waals surface area contributed by atoms with E-state index in [0.717, 1.165) is 5.56 Å². The van der Waals surface area contributed by atoms with Gasteiger partial charge in [0.15, 0.2) is 5.82 Å². The van der Waals surface area contributed by atoms with E-state index in [2.05, 4.69) is 22.1 Å². The average Bonchev–Trinajstić information content (AvgIpc) is 3.21. The molecule has 0 aliphatic heterocycles. The molecule has 0 aliphatic rings. The van der Waals surface area contributed by atoms with Gasteiger partial charge in [0.25, 0.3) is 5.91 Å². The number of amides is 1. The predicted molar refractivity (Wildman–Crippen MR) is 110 cm³/mol. The van der Waals surface area contributed by atoms with Crippen molar-refractivity contribution in [1.29, 1.82) is 0 Å². The molecule has 0 saturated heterocycles. The van der Waals surface area contributed by atoms with Gasteiger partial charge in [0.1, 0.15) is 12.4 Å². The number of carbonyl (C=O) groups excluding carboxylic acids is 1. The molecule has 7 nitrogen and oxygen atoms in total. The third-order valence-electron chi connectivity index (χ3n) is 4.51. The van der Waals surface area contributed by atoms with Crippen molar-refractivity contribution in [2.75, 3.05) is 6.54 Å². The second-order valence-electron chi connectivity index (χ2n) is 6.68. The summed E-state index contributed by atoms with van der Waals surface area (Å²) in [6, 6.07) is 15.3. The predicted octanol–water partition coefficient (Wildman–Crippen LogP) is 3.41. The van der Waals surface area contributed by atoms with Crippen LogP contribution in [-0.4, -0.2) is 37.6 Å². The number of aromatic nitrogens is 4. The van der Waals surface area contributed by atoms with Gasteiger partial charge in [-0.25, -0.2) is 4.68 Å². The summed E-state index contributed by atoms with van der Waals surface area (Å²) in [7, 11) is 0. The van der Waals surface area contributed by atoms with E-state index in [-0.39, 0.29) is 12.5 Å². The normalized spacial score (nSPS) is 10.6. The molecule has 0 radical (unpaired) electrons. The molecule has 0 aliphatic carbocycles. The second kappa shape index (κ2) is 9.64. The van der Waals surface area contributed by atoms with Gasteiger partial charge in [-0.15, -0.1) is 11.7 Å². The number of tetrazole rings is 1. The number of hydrogen-bond acceptors (Lipinski definition) is 5. The lowest BCUT2D eigenvalue weighted by atomic mass is 10.1. The average molecular weight is 391 g/mol. The molecule has 0 bridgehead atoms. The fourth-order valence-electron chi connectivity index (χ4n) is 2.89. The zero-order valence-electron chi connectivity index (χ0n) is 16.8. The highest BCUT2D eigenvalue weighted by atomic mass is 16.5. The molecule has 29 heavy (non-hydrogen) atoms. The van der Waals surface area contributed by atoms with Gasteiger partial charge in [0.2, 0.25) is 0 Å². The van der Waals surface area contributed by atoms with Gasteiger partial charge in [-0.3, -0.25) is 4.79 Å². The summed E-state index contributed by atoms with van der Waals surface area (Å²) < 4.78 is 7.41. The van der Waals surface area contributed by atoms with Crippen LogP contribution in [0.3, 0.4) is 0 Å². The molecule has 1 aromatic heterocycles. The van der Waals surface area contributed by atoms with E-state index < -0.39 is 0 Å². The summed E-state index contributed by atoms with van der Waals surface area (Å²) in [5, 5.41) is 11.5. The highest BCUT2D eigenvalue weighted by Gasteiger charge is 2.15. The maximum atomic E-state index is 13.0. The quantitative estimate of drug-likeness (QED) is 0.523. The zero-order chi connectivity index (χ0) is 20.6. The lowest BCUT2D eigenvalue weighted by Gasteiger charge is -2.21. The topological polar surface area (TPSA) is 73.1 Å². The molecule has 0 fully saturated rings. The lowest BCUT2D eigenvalue weighted by Crippen LogP contribution is -2.30. The van der Waals surface area contributed by atoms with Gasteiger partial charge in [0.05, 0.1) is 0 Å². The van der Waals surface area contributed by atoms with Crippen LogP contribution in [0.5, 0.6) is 5.75 Å². The molecule has 0 spiro atoms. The minimum atomic E-state index is -0.0491. The number of ether oxygens (including phenoxy) is 1. The summed E-state index contributed by atoms with van der Waals surface area (Å²) in [5.74, 6) is 1.26. The van der Waals surface area contributed by atoms with Crippen molar-refractivity contribution in [3.63, 3.8) is 0 Å². The number of benzene rings is 2. The molecule has 0 N–H and O–H groups in total. The number of aryl methyl sites for hydroxylation is 2. The van der Waals surface area contributed by atoms with Gasteiger partial charge in [-0.2, -0.15) is 0 Å². The number of hydrogen-bond donors (Lipinski definition) is 0. The van der Waals surface area contributed by atoms with Gasteiger partial charge < -0.3 is 9.64 Å². The summed E-state index contributed by atoms with van der Waals surface area (Å²) in [6.07, 6.45) is 1.74. The minimum absolute atomic E-state index is 0.0491. The summed E-state index contributed by atoms with van der Waals surface area (Å²) in [6.45, 7) is 9.74. The standard InChI is InChI=1S/C22H25N5O2/c1-4-14-26(15-18-8-6-17(3)7-9-18)22(28)19-10-12-20(13-11-19)29-16-21-23-24-25-27(21)5-2/h4,6-13H,1,5,14-16H2,2-3H3. The Morgan fingerprint density at radius 2 is 1.90 bits per heavy atom. The van der Waals surface area contributed by atoms with Gasteiger partial charge in [-0.05, 0) is 54.1 Å². The molecule has 2 aromatic carbocycles. The Balaban J connectivity index is 1.65. The second-order valence-corrected chi connectivity index (χ2v) is 6.68. The van der Waals surface area contributed by atoms with Crippen molar-refractivity contribution in [1.82, 2.24) is 25.1 Å². The van der Waals surface area contributed by atoms with Crippen molar-refractivity contribution in [2.24, 2.45) is 0 Å². The zero-order valence-corrected chi connectivity index (χ0v) is 16.8. The van der Waals surface area contributed by atoms with E-state index in [0.29, 0.717) is 36.8 Å². The van der Waals surface area contributed by atoms with Crippen molar-refractivity contribution in [2.45, 2.75) is 33.5 Å². The Labute approximate surface area is 170 Å². The van der Waals surface area contributed by atoms with E-state index in [4.69, 9.17) is 4.74 Å². The van der Waals surface area contributed by atoms with Crippen molar-refractivity contribution >= 4 is 5.91 Å². The lowest BCUT2D eigenvalue weighted by molar-refractivity contribution is 0.0762. The van der Waals surface area contributed by atoms with Crippen LogP contribution in [0.1, 0.15) is 34.2 Å². The number of nitrogens with zero attached hydrogens (tertiary/aromatic N) is 5. The van der Waals surface area contributed by atoms with Gasteiger partial charge in [0, 0.05) is 25.2 Å². The van der Waals surface area contributed by atoms with Crippen molar-refractivity contribution in [3.05, 3.63) is 83.7 Å². The molecule has 0 atom stereocenters. The molecule has 0 unspecified atom stereocenters. The molecule has 0 saturated carbocycles. The Hall–Kier alpha value is -3.48.